The highest BCUT2D eigenvalue weighted by Crippen LogP contribution is 2.27. The summed E-state index contributed by atoms with van der Waals surface area (Å²) in [6.07, 6.45) is 68.0. The van der Waals surface area contributed by atoms with E-state index in [2.05, 4.69) is 48.8 Å². The van der Waals surface area contributed by atoms with Gasteiger partial charge in [0.05, 0.1) is 21.1 Å². The summed E-state index contributed by atoms with van der Waals surface area (Å²) in [4.78, 5) is 0. The van der Waals surface area contributed by atoms with Crippen molar-refractivity contribution in [2.24, 2.45) is 0 Å². The molecule has 0 spiro atoms. The topological polar surface area (TPSA) is 27.7 Å². The van der Waals surface area contributed by atoms with Gasteiger partial charge in [0.15, 0.2) is 5.67 Å². The molecular weight excluding hydrogens is 846 g/mol. The first kappa shape index (κ1) is 68.4. The van der Waals surface area contributed by atoms with E-state index in [1.165, 1.54) is 289 Å². The maximum atomic E-state index is 7.07. The Kier molecular flexibility index (Phi) is 56.7. The van der Waals surface area contributed by atoms with Crippen molar-refractivity contribution in [3.63, 3.8) is 0 Å². The minimum atomic E-state index is -2.92. The summed E-state index contributed by atoms with van der Waals surface area (Å²) < 4.78 is 22.0. The van der Waals surface area contributed by atoms with Gasteiger partial charge in [0.2, 0.25) is 0 Å². The Hall–Kier alpha value is 0.347. The van der Waals surface area contributed by atoms with Gasteiger partial charge in [-0.1, -0.05) is 317 Å². The van der Waals surface area contributed by atoms with E-state index in [1.54, 1.807) is 0 Å². The van der Waals surface area contributed by atoms with Crippen LogP contribution >= 0.6 is 0 Å². The maximum absolute atomic E-state index is 7.07. The molecule has 0 aliphatic heterocycles. The van der Waals surface area contributed by atoms with E-state index < -0.39 is 8.80 Å². The van der Waals surface area contributed by atoms with Crippen molar-refractivity contribution in [2.45, 2.75) is 348 Å². The monoisotopic (exact) mass is 972 g/mol. The standard InChI is InChI=1S/C60H126NO3Si.ClH/c1-8-12-15-18-21-24-27-30-33-36-39-42-45-48-51-54-57-62-65(60(11-4)61(5,6)7,63-58-55-52-49-46-43-40-37-34-31-28-25-22-19-16-13-9-2)64-59-56-53-50-47-44-41-38-35-32-29-26-23-20-17-14-10-3;/h60H,8-59H2,1-7H3;1H/q+1;/p-1. The molecule has 0 rings (SSSR count). The van der Waals surface area contributed by atoms with Crippen molar-refractivity contribution in [3.05, 3.63) is 0 Å². The summed E-state index contributed by atoms with van der Waals surface area (Å²) in [6.45, 7) is 11.6. The van der Waals surface area contributed by atoms with E-state index in [0.29, 0.717) is 0 Å². The maximum Gasteiger partial charge on any atom is 0.562 e. The first-order valence-corrected chi connectivity index (χ1v) is 32.4. The van der Waals surface area contributed by atoms with Crippen molar-refractivity contribution < 1.29 is 30.2 Å². The van der Waals surface area contributed by atoms with Crippen LogP contribution in [0.1, 0.15) is 342 Å². The molecule has 4 nitrogen and oxygen atoms in total. The number of hydrogen-bond donors (Lipinski definition) is 0. The summed E-state index contributed by atoms with van der Waals surface area (Å²) in [7, 11) is 4.10. The molecule has 1 unspecified atom stereocenters. The molecule has 0 radical (unpaired) electrons. The van der Waals surface area contributed by atoms with Gasteiger partial charge < -0.3 is 30.2 Å². The van der Waals surface area contributed by atoms with E-state index in [9.17, 15) is 0 Å². The number of hydrogen-bond acceptors (Lipinski definition) is 3. The highest BCUT2D eigenvalue weighted by atomic mass is 35.5. The fraction of sp³-hybridized carbons (Fsp3) is 1.00. The molecule has 0 aromatic rings. The average molecular weight is 973 g/mol. The summed E-state index contributed by atoms with van der Waals surface area (Å²) in [5, 5.41) is 0. The third kappa shape index (κ3) is 46.7. The zero-order valence-corrected chi connectivity index (χ0v) is 48.7. The molecule has 0 aromatic carbocycles. The van der Waals surface area contributed by atoms with Crippen LogP contribution in [0.15, 0.2) is 0 Å². The zero-order chi connectivity index (χ0) is 47.5. The highest BCUT2D eigenvalue weighted by Gasteiger charge is 2.56. The summed E-state index contributed by atoms with van der Waals surface area (Å²) in [5.41, 5.74) is 0.269. The molecule has 0 aliphatic rings. The molecule has 0 N–H and O–H groups in total. The van der Waals surface area contributed by atoms with Crippen LogP contribution in [0.4, 0.5) is 0 Å². The molecule has 66 heavy (non-hydrogen) atoms. The zero-order valence-electron chi connectivity index (χ0n) is 46.9. The van der Waals surface area contributed by atoms with E-state index in [1.807, 2.05) is 0 Å². The first-order valence-electron chi connectivity index (χ1n) is 30.6. The van der Waals surface area contributed by atoms with Crippen LogP contribution in [0, 0.1) is 0 Å². The molecule has 400 valence electrons. The van der Waals surface area contributed by atoms with Crippen molar-refractivity contribution >= 4 is 8.80 Å². The SMILES string of the molecule is CCCCCCCCCCCCCCCCCCO[Si](OCCCCCCCCCCCCCCCCCC)(OCCCCCCCCCCCCCCCCCC)C(CC)[N+](C)(C)C.[Cl-]. The molecule has 0 amide bonds. The molecule has 0 aliphatic carbocycles. The van der Waals surface area contributed by atoms with Crippen molar-refractivity contribution in [3.8, 4) is 0 Å². The minimum Gasteiger partial charge on any atom is -1.00 e. The summed E-state index contributed by atoms with van der Waals surface area (Å²) >= 11 is 0. The van der Waals surface area contributed by atoms with E-state index in [4.69, 9.17) is 13.3 Å². The Balaban J connectivity index is 0. The second-order valence-corrected chi connectivity index (χ2v) is 24.8. The van der Waals surface area contributed by atoms with Crippen molar-refractivity contribution in [2.75, 3.05) is 41.0 Å². The van der Waals surface area contributed by atoms with Gasteiger partial charge in [0, 0.05) is 26.2 Å². The van der Waals surface area contributed by atoms with Gasteiger partial charge >= 0.3 is 8.80 Å². The first-order chi connectivity index (χ1) is 31.9. The lowest BCUT2D eigenvalue weighted by Crippen LogP contribution is -3.00. The van der Waals surface area contributed by atoms with Gasteiger partial charge in [-0.05, 0) is 19.3 Å². The van der Waals surface area contributed by atoms with Crippen LogP contribution in [0.2, 0.25) is 0 Å². The molecule has 0 heterocycles. The Morgan fingerprint density at radius 3 is 0.545 bits per heavy atom. The predicted molar refractivity (Wildman–Crippen MR) is 294 cm³/mol. The van der Waals surface area contributed by atoms with Crippen LogP contribution in [0.5, 0.6) is 0 Å². The number of quaternary nitrogens is 1. The Labute approximate surface area is 425 Å². The average Bonchev–Trinajstić information content (AvgIpc) is 3.29. The van der Waals surface area contributed by atoms with Crippen LogP contribution in [-0.4, -0.2) is 59.9 Å². The van der Waals surface area contributed by atoms with Crippen molar-refractivity contribution in [1.29, 1.82) is 0 Å². The van der Waals surface area contributed by atoms with Gasteiger partial charge in [0.1, 0.15) is 0 Å². The number of halogens is 1. The third-order valence-electron chi connectivity index (χ3n) is 14.6. The summed E-state index contributed by atoms with van der Waals surface area (Å²) in [5.74, 6) is 0. The van der Waals surface area contributed by atoms with E-state index in [0.717, 1.165) is 50.0 Å². The highest BCUT2D eigenvalue weighted by molar-refractivity contribution is 6.62. The van der Waals surface area contributed by atoms with Crippen molar-refractivity contribution in [1.82, 2.24) is 0 Å². The predicted octanol–water partition coefficient (Wildman–Crippen LogP) is 17.8. The van der Waals surface area contributed by atoms with Crippen LogP contribution < -0.4 is 12.4 Å². The lowest BCUT2D eigenvalue weighted by molar-refractivity contribution is -0.887. The fourth-order valence-electron chi connectivity index (χ4n) is 10.3. The quantitative estimate of drug-likeness (QED) is 0.0345. The van der Waals surface area contributed by atoms with Crippen LogP contribution in [0.3, 0.4) is 0 Å². The Morgan fingerprint density at radius 1 is 0.258 bits per heavy atom. The van der Waals surface area contributed by atoms with Crippen LogP contribution in [-0.2, 0) is 13.3 Å². The largest absolute Gasteiger partial charge is 1.00 e. The lowest BCUT2D eigenvalue weighted by atomic mass is 10.0. The smallest absolute Gasteiger partial charge is 0.562 e. The minimum absolute atomic E-state index is 0. The molecule has 1 atom stereocenters. The van der Waals surface area contributed by atoms with Gasteiger partial charge in [-0.2, -0.15) is 0 Å². The lowest BCUT2D eigenvalue weighted by Gasteiger charge is -2.42. The van der Waals surface area contributed by atoms with Gasteiger partial charge in [-0.3, -0.25) is 0 Å². The molecule has 0 aromatic heterocycles. The second kappa shape index (κ2) is 54.7. The van der Waals surface area contributed by atoms with E-state index >= 15 is 0 Å². The molecule has 0 fully saturated rings. The van der Waals surface area contributed by atoms with Crippen LogP contribution in [0.25, 0.3) is 0 Å². The fourth-order valence-corrected chi connectivity index (χ4v) is 13.8. The number of rotatable bonds is 57. The number of unbranched alkanes of at least 4 members (excludes halogenated alkanes) is 45. The normalized spacial score (nSPS) is 12.6. The third-order valence-corrected chi connectivity index (χ3v) is 18.5. The summed E-state index contributed by atoms with van der Waals surface area (Å²) in [6, 6.07) is 0. The molecule has 0 bridgehead atoms. The van der Waals surface area contributed by atoms with Gasteiger partial charge in [0.25, 0.3) is 0 Å². The molecule has 0 saturated heterocycles. The van der Waals surface area contributed by atoms with Gasteiger partial charge in [-0.15, -0.1) is 0 Å². The molecule has 0 saturated carbocycles. The second-order valence-electron chi connectivity index (χ2n) is 22.1. The number of nitrogens with zero attached hydrogens (tertiary/aromatic N) is 1. The van der Waals surface area contributed by atoms with E-state index in [-0.39, 0.29) is 18.1 Å². The molecule has 6 heteroatoms. The Bertz CT molecular complexity index is 793. The Morgan fingerprint density at radius 2 is 0.409 bits per heavy atom. The molecular formula is C60H126ClNO3Si. The van der Waals surface area contributed by atoms with Gasteiger partial charge in [-0.25, -0.2) is 0 Å².